The zero-order chi connectivity index (χ0) is 17.9. The van der Waals surface area contributed by atoms with Crippen LogP contribution >= 0.6 is 24.0 Å². The van der Waals surface area contributed by atoms with Crippen molar-refractivity contribution in [3.8, 4) is 0 Å². The van der Waals surface area contributed by atoms with Crippen molar-refractivity contribution in [2.45, 2.75) is 56.9 Å². The van der Waals surface area contributed by atoms with Crippen molar-refractivity contribution in [1.82, 2.24) is 4.90 Å². The molecule has 3 N–H and O–H groups in total. The van der Waals surface area contributed by atoms with Gasteiger partial charge in [0.25, 0.3) is 5.91 Å². The van der Waals surface area contributed by atoms with Gasteiger partial charge in [-0.1, -0.05) is 30.9 Å². The molecule has 1 aliphatic heterocycles. The molecular weight excluding hydrogens is 373 g/mol. The number of hydrogen-bond acceptors (Lipinski definition) is 3. The number of hydrogen-bond donors (Lipinski definition) is 2. The number of nitrogens with two attached hydrogens (primary N) is 1. The predicted molar refractivity (Wildman–Crippen MR) is 107 cm³/mol. The molecule has 1 aromatic carbocycles. The van der Waals surface area contributed by atoms with Crippen LogP contribution in [-0.4, -0.2) is 35.3 Å². The van der Waals surface area contributed by atoms with E-state index in [2.05, 4.69) is 5.32 Å². The van der Waals surface area contributed by atoms with E-state index in [0.29, 0.717) is 29.1 Å². The third-order valence-electron chi connectivity index (χ3n) is 5.30. The van der Waals surface area contributed by atoms with Crippen LogP contribution < -0.4 is 11.1 Å². The highest BCUT2D eigenvalue weighted by Gasteiger charge is 2.35. The molecule has 1 aromatic rings. The Hall–Kier alpha value is -1.30. The first-order valence-electron chi connectivity index (χ1n) is 9.19. The van der Waals surface area contributed by atoms with Crippen molar-refractivity contribution < 1.29 is 9.59 Å². The summed E-state index contributed by atoms with van der Waals surface area (Å²) >= 11 is 6.32. The fourth-order valence-corrected chi connectivity index (χ4v) is 3.96. The first-order valence-corrected chi connectivity index (χ1v) is 9.57. The minimum Gasteiger partial charge on any atom is -0.339 e. The fourth-order valence-electron chi connectivity index (χ4n) is 3.70. The van der Waals surface area contributed by atoms with E-state index in [-0.39, 0.29) is 24.2 Å². The van der Waals surface area contributed by atoms with Crippen LogP contribution in [0.2, 0.25) is 5.02 Å². The number of nitrogens with one attached hydrogen (secondary N) is 1. The number of benzene rings is 1. The van der Waals surface area contributed by atoms with E-state index in [9.17, 15) is 9.59 Å². The van der Waals surface area contributed by atoms with Gasteiger partial charge in [0.05, 0.1) is 16.1 Å². The maximum absolute atomic E-state index is 12.6. The summed E-state index contributed by atoms with van der Waals surface area (Å²) in [6.45, 7) is 1.56. The van der Waals surface area contributed by atoms with Crippen molar-refractivity contribution >= 4 is 41.5 Å². The number of nitrogens with zero attached hydrogens (tertiary/aromatic N) is 1. The van der Waals surface area contributed by atoms with E-state index in [1.54, 1.807) is 18.2 Å². The second kappa shape index (κ2) is 9.07. The molecule has 3 rings (SSSR count). The molecule has 1 saturated heterocycles. The van der Waals surface area contributed by atoms with Gasteiger partial charge in [-0.25, -0.2) is 0 Å². The summed E-state index contributed by atoms with van der Waals surface area (Å²) in [5.74, 6) is -0.205. The van der Waals surface area contributed by atoms with Crippen molar-refractivity contribution in [1.29, 1.82) is 0 Å². The van der Waals surface area contributed by atoms with Gasteiger partial charge in [-0.3, -0.25) is 9.59 Å². The number of carbonyl (C=O) groups is 2. The number of amides is 2. The lowest BCUT2D eigenvalue weighted by molar-refractivity contribution is -0.122. The minimum atomic E-state index is -0.799. The number of anilines is 1. The van der Waals surface area contributed by atoms with E-state index < -0.39 is 5.54 Å². The second-order valence-electron chi connectivity index (χ2n) is 7.22. The quantitative estimate of drug-likeness (QED) is 0.806. The van der Waals surface area contributed by atoms with Gasteiger partial charge in [-0.15, -0.1) is 12.4 Å². The average Bonchev–Trinajstić information content (AvgIpc) is 2.63. The van der Waals surface area contributed by atoms with Crippen LogP contribution in [-0.2, 0) is 4.79 Å². The van der Waals surface area contributed by atoms with Crippen molar-refractivity contribution in [3.63, 3.8) is 0 Å². The SMILES string of the molecule is Cl.NC1(C(=O)Nc2ccc(C(=O)N3CCCCC3)c(Cl)c2)CCCCC1. The molecule has 0 bridgehead atoms. The number of halogens is 2. The van der Waals surface area contributed by atoms with Crippen molar-refractivity contribution in [2.75, 3.05) is 18.4 Å². The van der Waals surface area contributed by atoms with Crippen LogP contribution in [0.15, 0.2) is 18.2 Å². The lowest BCUT2D eigenvalue weighted by atomic mass is 9.82. The summed E-state index contributed by atoms with van der Waals surface area (Å²) < 4.78 is 0. The Balaban J connectivity index is 0.00000243. The molecule has 0 unspecified atom stereocenters. The summed E-state index contributed by atoms with van der Waals surface area (Å²) in [6.07, 6.45) is 7.75. The summed E-state index contributed by atoms with van der Waals surface area (Å²) in [7, 11) is 0. The molecule has 0 aromatic heterocycles. The second-order valence-corrected chi connectivity index (χ2v) is 7.63. The van der Waals surface area contributed by atoms with Gasteiger partial charge in [0.15, 0.2) is 0 Å². The summed E-state index contributed by atoms with van der Waals surface area (Å²) in [4.78, 5) is 26.9. The Labute approximate surface area is 166 Å². The van der Waals surface area contributed by atoms with Crippen LogP contribution in [0.4, 0.5) is 5.69 Å². The Morgan fingerprint density at radius 2 is 1.65 bits per heavy atom. The van der Waals surface area contributed by atoms with E-state index in [4.69, 9.17) is 17.3 Å². The maximum Gasteiger partial charge on any atom is 0.255 e. The maximum atomic E-state index is 12.6. The van der Waals surface area contributed by atoms with E-state index in [0.717, 1.165) is 45.2 Å². The summed E-state index contributed by atoms with van der Waals surface area (Å²) in [6, 6.07) is 5.06. The van der Waals surface area contributed by atoms with E-state index >= 15 is 0 Å². The molecule has 144 valence electrons. The number of piperidine rings is 1. The lowest BCUT2D eigenvalue weighted by Gasteiger charge is -2.31. The first kappa shape index (κ1) is 21.0. The van der Waals surface area contributed by atoms with Gasteiger partial charge in [-0.05, 0) is 50.3 Å². The summed E-state index contributed by atoms with van der Waals surface area (Å²) in [5.41, 5.74) is 6.53. The van der Waals surface area contributed by atoms with Gasteiger partial charge >= 0.3 is 0 Å². The van der Waals surface area contributed by atoms with Gasteiger partial charge in [0.1, 0.15) is 0 Å². The molecule has 5 nitrogen and oxygen atoms in total. The molecule has 2 aliphatic rings. The highest BCUT2D eigenvalue weighted by Crippen LogP contribution is 2.28. The number of likely N-dealkylation sites (tertiary alicyclic amines) is 1. The number of carbonyl (C=O) groups excluding carboxylic acids is 2. The molecule has 1 heterocycles. The lowest BCUT2D eigenvalue weighted by Crippen LogP contribution is -2.52. The number of rotatable bonds is 3. The fraction of sp³-hybridized carbons (Fsp3) is 0.579. The molecule has 0 radical (unpaired) electrons. The molecule has 7 heteroatoms. The van der Waals surface area contributed by atoms with Gasteiger partial charge < -0.3 is 16.0 Å². The Morgan fingerprint density at radius 3 is 2.27 bits per heavy atom. The zero-order valence-corrected chi connectivity index (χ0v) is 16.5. The van der Waals surface area contributed by atoms with Crippen LogP contribution in [0.3, 0.4) is 0 Å². The molecule has 0 atom stereocenters. The van der Waals surface area contributed by atoms with Crippen LogP contribution in [0, 0.1) is 0 Å². The molecule has 2 amide bonds. The Kier molecular flexibility index (Phi) is 7.33. The average molecular weight is 400 g/mol. The third-order valence-corrected chi connectivity index (χ3v) is 5.61. The van der Waals surface area contributed by atoms with Crippen LogP contribution in [0.1, 0.15) is 61.7 Å². The Morgan fingerprint density at radius 1 is 1.04 bits per heavy atom. The molecule has 2 fully saturated rings. The zero-order valence-electron chi connectivity index (χ0n) is 14.9. The standard InChI is InChI=1S/C19H26ClN3O2.ClH/c20-16-13-14(22-18(25)19(21)9-3-1-4-10-19)7-8-15(16)17(24)23-11-5-2-6-12-23;/h7-8,13H,1-6,9-12,21H2,(H,22,25);1H. The molecular formula is C19H27Cl2N3O2. The van der Waals surface area contributed by atoms with E-state index in [1.165, 1.54) is 6.42 Å². The van der Waals surface area contributed by atoms with Crippen LogP contribution in [0.25, 0.3) is 0 Å². The first-order chi connectivity index (χ1) is 12.0. The molecule has 1 saturated carbocycles. The molecule has 1 aliphatic carbocycles. The monoisotopic (exact) mass is 399 g/mol. The highest BCUT2D eigenvalue weighted by molar-refractivity contribution is 6.34. The van der Waals surface area contributed by atoms with Gasteiger partial charge in [0, 0.05) is 18.8 Å². The van der Waals surface area contributed by atoms with Crippen molar-refractivity contribution in [2.24, 2.45) is 5.73 Å². The largest absolute Gasteiger partial charge is 0.339 e. The minimum absolute atomic E-state index is 0. The normalized spacial score (nSPS) is 19.4. The van der Waals surface area contributed by atoms with E-state index in [1.807, 2.05) is 4.90 Å². The smallest absolute Gasteiger partial charge is 0.255 e. The third kappa shape index (κ3) is 4.70. The van der Waals surface area contributed by atoms with Crippen LogP contribution in [0.5, 0.6) is 0 Å². The predicted octanol–water partition coefficient (Wildman–Crippen LogP) is 3.99. The highest BCUT2D eigenvalue weighted by atomic mass is 35.5. The van der Waals surface area contributed by atoms with Gasteiger partial charge in [0.2, 0.25) is 5.91 Å². The van der Waals surface area contributed by atoms with Gasteiger partial charge in [-0.2, -0.15) is 0 Å². The van der Waals surface area contributed by atoms with Crippen molar-refractivity contribution in [3.05, 3.63) is 28.8 Å². The summed E-state index contributed by atoms with van der Waals surface area (Å²) in [5, 5.41) is 3.23. The molecule has 26 heavy (non-hydrogen) atoms. The molecule has 0 spiro atoms. The Bertz CT molecular complexity index is 654. The topological polar surface area (TPSA) is 75.4 Å².